The molecule has 0 aliphatic carbocycles. The molecule has 0 aliphatic heterocycles. The van der Waals surface area contributed by atoms with Crippen LogP contribution in [0.5, 0.6) is 0 Å². The first-order valence-electron chi connectivity index (χ1n) is 7.60. The van der Waals surface area contributed by atoms with Crippen LogP contribution < -0.4 is 0 Å². The lowest BCUT2D eigenvalue weighted by molar-refractivity contribution is 0.590. The summed E-state index contributed by atoms with van der Waals surface area (Å²) in [5, 5.41) is 12.8. The molecular formula is C18H20N4S. The number of rotatable bonds is 4. The minimum atomic E-state index is 0.184. The van der Waals surface area contributed by atoms with Crippen molar-refractivity contribution < 1.29 is 0 Å². The molecule has 0 amide bonds. The second-order valence-corrected chi connectivity index (χ2v) is 7.39. The molecule has 0 N–H and O–H groups in total. The van der Waals surface area contributed by atoms with Crippen LogP contribution in [0.2, 0.25) is 0 Å². The largest absolute Gasteiger partial charge is 0.214 e. The normalized spacial score (nSPS) is 11.6. The summed E-state index contributed by atoms with van der Waals surface area (Å²) in [6.45, 7) is 6.68. The van der Waals surface area contributed by atoms with E-state index in [1.807, 2.05) is 30.3 Å². The van der Waals surface area contributed by atoms with Gasteiger partial charge in [-0.1, -0.05) is 75.0 Å². The lowest BCUT2D eigenvalue weighted by Crippen LogP contribution is -2.10. The molecule has 1 heterocycles. The van der Waals surface area contributed by atoms with Gasteiger partial charge in [-0.2, -0.15) is 4.68 Å². The molecule has 0 radical (unpaired) electrons. The molecule has 0 saturated carbocycles. The Morgan fingerprint density at radius 2 is 1.65 bits per heavy atom. The zero-order valence-corrected chi connectivity index (χ0v) is 14.4. The third-order valence-corrected chi connectivity index (χ3v) is 4.62. The summed E-state index contributed by atoms with van der Waals surface area (Å²) >= 11 is 1.64. The highest BCUT2D eigenvalue weighted by Crippen LogP contribution is 2.25. The zero-order valence-electron chi connectivity index (χ0n) is 13.6. The molecule has 3 aromatic rings. The van der Waals surface area contributed by atoms with Crippen LogP contribution in [0.25, 0.3) is 5.69 Å². The van der Waals surface area contributed by atoms with Crippen LogP contribution in [-0.4, -0.2) is 20.2 Å². The molecule has 23 heavy (non-hydrogen) atoms. The summed E-state index contributed by atoms with van der Waals surface area (Å²) < 4.78 is 1.77. The van der Waals surface area contributed by atoms with E-state index in [0.29, 0.717) is 0 Å². The summed E-state index contributed by atoms with van der Waals surface area (Å²) in [5.41, 5.74) is 3.78. The topological polar surface area (TPSA) is 43.6 Å². The van der Waals surface area contributed by atoms with E-state index in [1.165, 1.54) is 11.1 Å². The summed E-state index contributed by atoms with van der Waals surface area (Å²) in [5.74, 6) is 0.845. The van der Waals surface area contributed by atoms with Gasteiger partial charge in [0.05, 0.1) is 5.69 Å². The van der Waals surface area contributed by atoms with E-state index in [-0.39, 0.29) is 5.41 Å². The predicted molar refractivity (Wildman–Crippen MR) is 93.9 cm³/mol. The van der Waals surface area contributed by atoms with Crippen LogP contribution in [0.4, 0.5) is 0 Å². The zero-order chi connectivity index (χ0) is 16.3. The predicted octanol–water partition coefficient (Wildman–Crippen LogP) is 4.25. The number of tetrazole rings is 1. The van der Waals surface area contributed by atoms with Gasteiger partial charge in [0.2, 0.25) is 5.16 Å². The van der Waals surface area contributed by atoms with E-state index in [1.54, 1.807) is 16.4 Å². The molecule has 2 aromatic carbocycles. The summed E-state index contributed by atoms with van der Waals surface area (Å²) in [6.07, 6.45) is 0. The van der Waals surface area contributed by atoms with Gasteiger partial charge in [-0.15, -0.1) is 5.10 Å². The molecule has 0 bridgehead atoms. The highest BCUT2D eigenvalue weighted by molar-refractivity contribution is 7.98. The van der Waals surface area contributed by atoms with E-state index in [4.69, 9.17) is 0 Å². The van der Waals surface area contributed by atoms with Gasteiger partial charge in [-0.25, -0.2) is 0 Å². The third-order valence-electron chi connectivity index (χ3n) is 3.63. The fraction of sp³-hybridized carbons (Fsp3) is 0.278. The molecule has 118 valence electrons. The monoisotopic (exact) mass is 324 g/mol. The number of nitrogens with zero attached hydrogens (tertiary/aromatic N) is 4. The van der Waals surface area contributed by atoms with Crippen LogP contribution >= 0.6 is 11.8 Å². The first kappa shape index (κ1) is 15.7. The molecule has 0 fully saturated rings. The van der Waals surface area contributed by atoms with E-state index < -0.39 is 0 Å². The fourth-order valence-electron chi connectivity index (χ4n) is 2.25. The number of hydrogen-bond donors (Lipinski definition) is 0. The minimum absolute atomic E-state index is 0.184. The SMILES string of the molecule is CC(C)(C)c1ccc(CSc2nnnn2-c2ccccc2)cc1. The quantitative estimate of drug-likeness (QED) is 0.673. The van der Waals surface area contributed by atoms with Crippen molar-refractivity contribution in [2.24, 2.45) is 0 Å². The summed E-state index contributed by atoms with van der Waals surface area (Å²) in [7, 11) is 0. The van der Waals surface area contributed by atoms with Crippen molar-refractivity contribution >= 4 is 11.8 Å². The number of benzene rings is 2. The summed E-state index contributed by atoms with van der Waals surface area (Å²) in [4.78, 5) is 0. The van der Waals surface area contributed by atoms with Crippen LogP contribution in [0.15, 0.2) is 59.8 Å². The molecule has 4 nitrogen and oxygen atoms in total. The number of thioether (sulfide) groups is 1. The van der Waals surface area contributed by atoms with Crippen molar-refractivity contribution in [2.75, 3.05) is 0 Å². The molecule has 0 spiro atoms. The second kappa shape index (κ2) is 6.54. The maximum Gasteiger partial charge on any atom is 0.214 e. The van der Waals surface area contributed by atoms with E-state index in [9.17, 15) is 0 Å². The molecule has 0 saturated heterocycles. The van der Waals surface area contributed by atoms with Crippen molar-refractivity contribution in [3.8, 4) is 5.69 Å². The van der Waals surface area contributed by atoms with Gasteiger partial charge in [0.1, 0.15) is 0 Å². The Bertz CT molecular complexity index is 758. The highest BCUT2D eigenvalue weighted by atomic mass is 32.2. The minimum Gasteiger partial charge on any atom is -0.188 e. The number of hydrogen-bond acceptors (Lipinski definition) is 4. The average Bonchev–Trinajstić information content (AvgIpc) is 3.02. The van der Waals surface area contributed by atoms with Crippen molar-refractivity contribution in [1.82, 2.24) is 20.2 Å². The molecule has 1 aromatic heterocycles. The van der Waals surface area contributed by atoms with Gasteiger partial charge in [-0.05, 0) is 39.1 Å². The van der Waals surface area contributed by atoms with E-state index in [0.717, 1.165) is 16.6 Å². The smallest absolute Gasteiger partial charge is 0.188 e. The Kier molecular flexibility index (Phi) is 4.48. The molecule has 0 atom stereocenters. The second-order valence-electron chi connectivity index (χ2n) is 6.44. The van der Waals surface area contributed by atoms with Gasteiger partial charge < -0.3 is 0 Å². The van der Waals surface area contributed by atoms with Crippen molar-refractivity contribution in [1.29, 1.82) is 0 Å². The Hall–Kier alpha value is -2.14. The Morgan fingerprint density at radius 3 is 2.30 bits per heavy atom. The standard InChI is InChI=1S/C18H20N4S/c1-18(2,3)15-11-9-14(10-12-15)13-23-17-19-20-21-22(17)16-7-5-4-6-8-16/h4-12H,13H2,1-3H3. The van der Waals surface area contributed by atoms with Gasteiger partial charge >= 0.3 is 0 Å². The van der Waals surface area contributed by atoms with Crippen molar-refractivity contribution in [3.63, 3.8) is 0 Å². The third kappa shape index (κ3) is 3.79. The van der Waals surface area contributed by atoms with Gasteiger partial charge in [0.25, 0.3) is 0 Å². The van der Waals surface area contributed by atoms with Gasteiger partial charge in [0.15, 0.2) is 0 Å². The molecule has 5 heteroatoms. The van der Waals surface area contributed by atoms with E-state index >= 15 is 0 Å². The van der Waals surface area contributed by atoms with Crippen LogP contribution in [0.1, 0.15) is 31.9 Å². The Labute approximate surface area is 140 Å². The van der Waals surface area contributed by atoms with Crippen molar-refractivity contribution in [2.45, 2.75) is 37.1 Å². The molecule has 0 unspecified atom stereocenters. The van der Waals surface area contributed by atoms with E-state index in [2.05, 4.69) is 60.6 Å². The lowest BCUT2D eigenvalue weighted by Gasteiger charge is -2.19. The summed E-state index contributed by atoms with van der Waals surface area (Å²) in [6, 6.07) is 18.7. The molecular weight excluding hydrogens is 304 g/mol. The average molecular weight is 324 g/mol. The molecule has 3 rings (SSSR count). The number of para-hydroxylation sites is 1. The Balaban J connectivity index is 1.71. The van der Waals surface area contributed by atoms with Crippen molar-refractivity contribution in [3.05, 3.63) is 65.7 Å². The molecule has 0 aliphatic rings. The van der Waals surface area contributed by atoms with Gasteiger partial charge in [-0.3, -0.25) is 0 Å². The first-order valence-corrected chi connectivity index (χ1v) is 8.58. The maximum absolute atomic E-state index is 4.13. The number of aromatic nitrogens is 4. The fourth-order valence-corrected chi connectivity index (χ4v) is 3.10. The maximum atomic E-state index is 4.13. The Morgan fingerprint density at radius 1 is 0.957 bits per heavy atom. The lowest BCUT2D eigenvalue weighted by atomic mass is 9.87. The first-order chi connectivity index (χ1) is 11.0. The van der Waals surface area contributed by atoms with Gasteiger partial charge in [0, 0.05) is 5.75 Å². The van der Waals surface area contributed by atoms with Crippen LogP contribution in [0.3, 0.4) is 0 Å². The van der Waals surface area contributed by atoms with Crippen LogP contribution in [-0.2, 0) is 11.2 Å². The highest BCUT2D eigenvalue weighted by Gasteiger charge is 2.13. The van der Waals surface area contributed by atoms with Crippen LogP contribution in [0, 0.1) is 0 Å².